The molecular formula is C23H21ClN2O7. The fourth-order valence-corrected chi connectivity index (χ4v) is 3.21. The number of aryl methyl sites for hydroxylation is 1. The number of anilines is 1. The summed E-state index contributed by atoms with van der Waals surface area (Å²) in [4.78, 5) is 23.6. The Labute approximate surface area is 194 Å². The molecule has 0 heterocycles. The Morgan fingerprint density at radius 3 is 2.12 bits per heavy atom. The first kappa shape index (κ1) is 23.7. The second-order valence-corrected chi connectivity index (χ2v) is 7.25. The number of nitro benzene ring substituents is 1. The monoisotopic (exact) mass is 472 g/mol. The van der Waals surface area contributed by atoms with Gasteiger partial charge in [0.05, 0.1) is 26.3 Å². The summed E-state index contributed by atoms with van der Waals surface area (Å²) in [6.45, 7) is 1.83. The van der Waals surface area contributed by atoms with Crippen molar-refractivity contribution in [2.75, 3.05) is 26.6 Å². The summed E-state index contributed by atoms with van der Waals surface area (Å²) in [5, 5.41) is 14.4. The number of hydrogen-bond acceptors (Lipinski definition) is 7. The number of nitrogens with one attached hydrogen (secondary N) is 1. The number of ether oxygens (including phenoxy) is 4. The van der Waals surface area contributed by atoms with Crippen LogP contribution in [0.5, 0.6) is 28.7 Å². The van der Waals surface area contributed by atoms with E-state index in [-0.39, 0.29) is 28.0 Å². The van der Waals surface area contributed by atoms with Crippen molar-refractivity contribution in [1.29, 1.82) is 0 Å². The molecule has 0 saturated heterocycles. The third-order valence-corrected chi connectivity index (χ3v) is 4.98. The molecule has 1 amide bonds. The van der Waals surface area contributed by atoms with Crippen LogP contribution in [-0.2, 0) is 0 Å². The van der Waals surface area contributed by atoms with Crippen LogP contribution in [0.1, 0.15) is 15.9 Å². The molecule has 0 aliphatic heterocycles. The molecular weight excluding hydrogens is 452 g/mol. The average molecular weight is 473 g/mol. The van der Waals surface area contributed by atoms with E-state index in [1.54, 1.807) is 12.1 Å². The normalized spacial score (nSPS) is 10.3. The van der Waals surface area contributed by atoms with E-state index in [1.807, 2.05) is 6.92 Å². The predicted octanol–water partition coefficient (Wildman–Crippen LogP) is 5.63. The smallest absolute Gasteiger partial charge is 0.313 e. The first-order chi connectivity index (χ1) is 15.8. The molecule has 10 heteroatoms. The van der Waals surface area contributed by atoms with Crippen LogP contribution in [0.25, 0.3) is 0 Å². The van der Waals surface area contributed by atoms with Crippen LogP contribution in [0.3, 0.4) is 0 Å². The summed E-state index contributed by atoms with van der Waals surface area (Å²) < 4.78 is 21.6. The van der Waals surface area contributed by atoms with Crippen LogP contribution in [-0.4, -0.2) is 32.2 Å². The molecule has 9 nitrogen and oxygen atoms in total. The summed E-state index contributed by atoms with van der Waals surface area (Å²) in [6, 6.07) is 12.0. The first-order valence-electron chi connectivity index (χ1n) is 9.61. The van der Waals surface area contributed by atoms with Crippen LogP contribution < -0.4 is 24.3 Å². The summed E-state index contributed by atoms with van der Waals surface area (Å²) in [7, 11) is 4.44. The van der Waals surface area contributed by atoms with Crippen LogP contribution in [0.15, 0.2) is 48.5 Å². The minimum atomic E-state index is -0.596. The van der Waals surface area contributed by atoms with Gasteiger partial charge in [-0.2, -0.15) is 0 Å². The zero-order chi connectivity index (χ0) is 24.1. The molecule has 3 aromatic rings. The lowest BCUT2D eigenvalue weighted by Crippen LogP contribution is -2.13. The summed E-state index contributed by atoms with van der Waals surface area (Å²) >= 11 is 5.85. The van der Waals surface area contributed by atoms with Crippen molar-refractivity contribution in [1.82, 2.24) is 0 Å². The Hall–Kier alpha value is -3.98. The number of carbonyl (C=O) groups is 1. The number of hydrogen-bond donors (Lipinski definition) is 1. The van der Waals surface area contributed by atoms with Crippen molar-refractivity contribution in [3.63, 3.8) is 0 Å². The van der Waals surface area contributed by atoms with Crippen molar-refractivity contribution >= 4 is 28.9 Å². The first-order valence-corrected chi connectivity index (χ1v) is 9.99. The lowest BCUT2D eigenvalue weighted by Gasteiger charge is -2.15. The molecule has 33 heavy (non-hydrogen) atoms. The largest absolute Gasteiger partial charge is 0.493 e. The van der Waals surface area contributed by atoms with E-state index in [2.05, 4.69) is 5.32 Å². The van der Waals surface area contributed by atoms with Gasteiger partial charge < -0.3 is 24.3 Å². The predicted molar refractivity (Wildman–Crippen MR) is 123 cm³/mol. The van der Waals surface area contributed by atoms with Gasteiger partial charge in [-0.1, -0.05) is 11.6 Å². The quantitative estimate of drug-likeness (QED) is 0.334. The van der Waals surface area contributed by atoms with E-state index in [0.29, 0.717) is 22.7 Å². The Bertz CT molecular complexity index is 1210. The van der Waals surface area contributed by atoms with E-state index in [4.69, 9.17) is 30.5 Å². The molecule has 0 saturated carbocycles. The highest BCUT2D eigenvalue weighted by Gasteiger charge is 2.19. The second-order valence-electron chi connectivity index (χ2n) is 6.81. The van der Waals surface area contributed by atoms with Gasteiger partial charge >= 0.3 is 5.69 Å². The summed E-state index contributed by atoms with van der Waals surface area (Å²) in [5.41, 5.74) is 1.32. The van der Waals surface area contributed by atoms with Crippen LogP contribution in [0.2, 0.25) is 5.02 Å². The standard InChI is InChI=1S/C23H21ClN2O7/c1-13-9-20(30-2)22(32-4)12-16(13)25-23(27)14-5-7-19(21(10-14)31-3)33-18-8-6-15(24)11-17(18)26(28)29/h5-12H,1-4H3,(H,25,27). The minimum absolute atomic E-state index is 0.0131. The molecule has 3 aromatic carbocycles. The molecule has 1 N–H and O–H groups in total. The minimum Gasteiger partial charge on any atom is -0.493 e. The Kier molecular flexibility index (Phi) is 7.24. The molecule has 0 spiro atoms. The molecule has 0 radical (unpaired) electrons. The molecule has 0 aliphatic carbocycles. The van der Waals surface area contributed by atoms with Gasteiger partial charge in [0, 0.05) is 28.4 Å². The highest BCUT2D eigenvalue weighted by Crippen LogP contribution is 2.38. The van der Waals surface area contributed by atoms with Gasteiger partial charge in [-0.3, -0.25) is 14.9 Å². The molecule has 0 aromatic heterocycles. The van der Waals surface area contributed by atoms with Gasteiger partial charge in [-0.15, -0.1) is 0 Å². The van der Waals surface area contributed by atoms with Crippen molar-refractivity contribution < 1.29 is 28.7 Å². The van der Waals surface area contributed by atoms with E-state index in [1.165, 1.54) is 57.7 Å². The molecule has 0 fully saturated rings. The number of methoxy groups -OCH3 is 3. The van der Waals surface area contributed by atoms with Crippen molar-refractivity contribution in [3.8, 4) is 28.7 Å². The number of nitrogens with zero attached hydrogens (tertiary/aromatic N) is 1. The van der Waals surface area contributed by atoms with Gasteiger partial charge in [-0.05, 0) is 48.9 Å². The summed E-state index contributed by atoms with van der Waals surface area (Å²) in [6.07, 6.45) is 0. The van der Waals surface area contributed by atoms with E-state index >= 15 is 0 Å². The maximum Gasteiger partial charge on any atom is 0.313 e. The Morgan fingerprint density at radius 2 is 1.48 bits per heavy atom. The number of halogens is 1. The van der Waals surface area contributed by atoms with Gasteiger partial charge in [0.1, 0.15) is 0 Å². The zero-order valence-electron chi connectivity index (χ0n) is 18.3. The van der Waals surface area contributed by atoms with Gasteiger partial charge in [0.25, 0.3) is 5.91 Å². The maximum absolute atomic E-state index is 12.9. The molecule has 0 unspecified atom stereocenters. The van der Waals surface area contributed by atoms with Crippen LogP contribution in [0, 0.1) is 17.0 Å². The van der Waals surface area contributed by atoms with Gasteiger partial charge in [0.15, 0.2) is 23.0 Å². The number of rotatable bonds is 8. The Morgan fingerprint density at radius 1 is 0.879 bits per heavy atom. The van der Waals surface area contributed by atoms with E-state index < -0.39 is 10.8 Å². The lowest BCUT2D eigenvalue weighted by atomic mass is 10.1. The topological polar surface area (TPSA) is 109 Å². The van der Waals surface area contributed by atoms with Crippen LogP contribution >= 0.6 is 11.6 Å². The average Bonchev–Trinajstić information content (AvgIpc) is 2.81. The fraction of sp³-hybridized carbons (Fsp3) is 0.174. The highest BCUT2D eigenvalue weighted by molar-refractivity contribution is 6.30. The lowest BCUT2D eigenvalue weighted by molar-refractivity contribution is -0.385. The molecule has 3 rings (SSSR count). The number of amides is 1. The van der Waals surface area contributed by atoms with E-state index in [0.717, 1.165) is 5.56 Å². The van der Waals surface area contributed by atoms with Crippen LogP contribution in [0.4, 0.5) is 11.4 Å². The number of benzene rings is 3. The third kappa shape index (κ3) is 5.27. The maximum atomic E-state index is 12.9. The molecule has 0 bridgehead atoms. The summed E-state index contributed by atoms with van der Waals surface area (Å²) in [5.74, 6) is 1.03. The van der Waals surface area contributed by atoms with E-state index in [9.17, 15) is 14.9 Å². The number of nitro groups is 1. The van der Waals surface area contributed by atoms with Gasteiger partial charge in [0.2, 0.25) is 5.75 Å². The van der Waals surface area contributed by atoms with Crippen molar-refractivity contribution in [2.45, 2.75) is 6.92 Å². The molecule has 0 aliphatic rings. The number of carbonyl (C=O) groups excluding carboxylic acids is 1. The zero-order valence-corrected chi connectivity index (χ0v) is 19.1. The van der Waals surface area contributed by atoms with Crippen molar-refractivity contribution in [3.05, 3.63) is 74.8 Å². The molecule has 172 valence electrons. The fourth-order valence-electron chi connectivity index (χ4n) is 3.04. The second kappa shape index (κ2) is 10.1. The third-order valence-electron chi connectivity index (χ3n) is 4.74. The van der Waals surface area contributed by atoms with Crippen molar-refractivity contribution in [2.24, 2.45) is 0 Å². The Balaban J connectivity index is 1.87. The van der Waals surface area contributed by atoms with Gasteiger partial charge in [-0.25, -0.2) is 0 Å². The highest BCUT2D eigenvalue weighted by atomic mass is 35.5. The molecule has 0 atom stereocenters. The SMILES string of the molecule is COc1cc(C)c(NC(=O)c2ccc(Oc3ccc(Cl)cc3[N+](=O)[O-])c(OC)c2)cc1OC.